The van der Waals surface area contributed by atoms with Crippen molar-refractivity contribution >= 4 is 0 Å². The van der Waals surface area contributed by atoms with E-state index >= 15 is 0 Å². The average molecular weight is 188 g/mol. The topological polar surface area (TPSA) is 27.7 Å². The van der Waals surface area contributed by atoms with E-state index in [1.165, 1.54) is 0 Å². The molecule has 0 amide bonds. The quantitative estimate of drug-likeness (QED) is 0.671. The van der Waals surface area contributed by atoms with Crippen molar-refractivity contribution in [3.63, 3.8) is 0 Å². The maximum atomic E-state index is 5.40. The van der Waals surface area contributed by atoms with Gasteiger partial charge in [-0.15, -0.1) is 0 Å². The van der Waals surface area contributed by atoms with Crippen LogP contribution in [0.1, 0.15) is 19.8 Å². The molecule has 3 nitrogen and oxygen atoms in total. The van der Waals surface area contributed by atoms with Crippen molar-refractivity contribution in [1.29, 1.82) is 0 Å². The first-order valence-electron chi connectivity index (χ1n) is 4.81. The highest BCUT2D eigenvalue weighted by atomic mass is 16.6. The van der Waals surface area contributed by atoms with E-state index in [2.05, 4.69) is 6.92 Å². The van der Waals surface area contributed by atoms with Crippen LogP contribution in [0.25, 0.3) is 0 Å². The number of methoxy groups -OCH3 is 3. The second kappa shape index (κ2) is 4.94. The fourth-order valence-electron chi connectivity index (χ4n) is 2.16. The monoisotopic (exact) mass is 188 g/mol. The molecular weight excluding hydrogens is 168 g/mol. The van der Waals surface area contributed by atoms with Crippen molar-refractivity contribution in [3.05, 3.63) is 0 Å². The number of ether oxygens (including phenoxy) is 3. The lowest BCUT2D eigenvalue weighted by atomic mass is 9.84. The minimum atomic E-state index is 0.0891. The molecule has 0 spiro atoms. The summed E-state index contributed by atoms with van der Waals surface area (Å²) < 4.78 is 16.2. The zero-order chi connectivity index (χ0) is 9.84. The summed E-state index contributed by atoms with van der Waals surface area (Å²) in [5.74, 6) is 0.654. The third-order valence-electron chi connectivity index (χ3n) is 2.88. The van der Waals surface area contributed by atoms with Crippen LogP contribution in [0.2, 0.25) is 0 Å². The normalized spacial score (nSPS) is 40.6. The van der Waals surface area contributed by atoms with Crippen molar-refractivity contribution in [2.24, 2.45) is 5.92 Å². The molecule has 13 heavy (non-hydrogen) atoms. The minimum Gasteiger partial charge on any atom is -0.379 e. The summed E-state index contributed by atoms with van der Waals surface area (Å²) in [6.45, 7) is 2.23. The SMILES string of the molecule is COC1CC(C)CC(OC)C1OC. The lowest BCUT2D eigenvalue weighted by molar-refractivity contribution is -0.138. The standard InChI is InChI=1S/C10H20O3/c1-7-5-8(11-2)10(13-4)9(6-7)12-3/h7-10H,5-6H2,1-4H3. The molecule has 1 rings (SSSR count). The number of hydrogen-bond donors (Lipinski definition) is 0. The molecule has 0 aromatic rings. The van der Waals surface area contributed by atoms with Crippen LogP contribution in [0.4, 0.5) is 0 Å². The van der Waals surface area contributed by atoms with Gasteiger partial charge in [-0.05, 0) is 18.8 Å². The number of rotatable bonds is 3. The Hall–Kier alpha value is -0.120. The van der Waals surface area contributed by atoms with Gasteiger partial charge in [0.25, 0.3) is 0 Å². The van der Waals surface area contributed by atoms with Crippen molar-refractivity contribution in [3.8, 4) is 0 Å². The van der Waals surface area contributed by atoms with E-state index < -0.39 is 0 Å². The summed E-state index contributed by atoms with van der Waals surface area (Å²) in [4.78, 5) is 0. The summed E-state index contributed by atoms with van der Waals surface area (Å²) in [7, 11) is 5.20. The summed E-state index contributed by atoms with van der Waals surface area (Å²) in [6, 6.07) is 0. The summed E-state index contributed by atoms with van der Waals surface area (Å²) in [6.07, 6.45) is 2.58. The van der Waals surface area contributed by atoms with E-state index in [0.717, 1.165) is 12.8 Å². The summed E-state index contributed by atoms with van der Waals surface area (Å²) in [5, 5.41) is 0. The highest BCUT2D eigenvalue weighted by Crippen LogP contribution is 2.29. The first kappa shape index (κ1) is 11.0. The van der Waals surface area contributed by atoms with E-state index in [1.54, 1.807) is 21.3 Å². The molecule has 2 unspecified atom stereocenters. The molecule has 0 saturated heterocycles. The first-order valence-corrected chi connectivity index (χ1v) is 4.81. The Morgan fingerprint density at radius 2 is 1.31 bits per heavy atom. The molecule has 0 aromatic heterocycles. The van der Waals surface area contributed by atoms with Crippen molar-refractivity contribution in [2.45, 2.75) is 38.1 Å². The Morgan fingerprint density at radius 1 is 0.846 bits per heavy atom. The van der Waals surface area contributed by atoms with E-state index in [-0.39, 0.29) is 18.3 Å². The predicted molar refractivity (Wildman–Crippen MR) is 50.8 cm³/mol. The fourth-order valence-corrected chi connectivity index (χ4v) is 2.16. The molecule has 0 bridgehead atoms. The second-order valence-corrected chi connectivity index (χ2v) is 3.83. The Labute approximate surface area is 80.4 Å². The van der Waals surface area contributed by atoms with Gasteiger partial charge in [0.05, 0.1) is 12.2 Å². The van der Waals surface area contributed by atoms with Gasteiger partial charge >= 0.3 is 0 Å². The average Bonchev–Trinajstić information content (AvgIpc) is 2.16. The molecule has 0 N–H and O–H groups in total. The predicted octanol–water partition coefficient (Wildman–Crippen LogP) is 1.46. The van der Waals surface area contributed by atoms with E-state index in [0.29, 0.717) is 5.92 Å². The van der Waals surface area contributed by atoms with Crippen LogP contribution in [0.3, 0.4) is 0 Å². The van der Waals surface area contributed by atoms with E-state index in [1.807, 2.05) is 0 Å². The maximum absolute atomic E-state index is 5.40. The molecule has 0 aromatic carbocycles. The second-order valence-electron chi connectivity index (χ2n) is 3.83. The third kappa shape index (κ3) is 2.42. The van der Waals surface area contributed by atoms with Gasteiger partial charge in [0.2, 0.25) is 0 Å². The zero-order valence-corrected chi connectivity index (χ0v) is 8.95. The Bertz CT molecular complexity index is 135. The van der Waals surface area contributed by atoms with Crippen LogP contribution in [0.5, 0.6) is 0 Å². The first-order chi connectivity index (χ1) is 6.22. The smallest absolute Gasteiger partial charge is 0.109 e. The molecule has 1 aliphatic rings. The lowest BCUT2D eigenvalue weighted by Crippen LogP contribution is -2.46. The molecule has 2 atom stereocenters. The molecule has 0 aliphatic heterocycles. The fraction of sp³-hybridized carbons (Fsp3) is 1.00. The van der Waals surface area contributed by atoms with Gasteiger partial charge in [-0.2, -0.15) is 0 Å². The third-order valence-corrected chi connectivity index (χ3v) is 2.88. The summed E-state index contributed by atoms with van der Waals surface area (Å²) in [5.41, 5.74) is 0. The van der Waals surface area contributed by atoms with E-state index in [9.17, 15) is 0 Å². The minimum absolute atomic E-state index is 0.0891. The molecule has 1 fully saturated rings. The molecular formula is C10H20O3. The van der Waals surface area contributed by atoms with Gasteiger partial charge < -0.3 is 14.2 Å². The summed E-state index contributed by atoms with van der Waals surface area (Å²) >= 11 is 0. The van der Waals surface area contributed by atoms with Crippen molar-refractivity contribution < 1.29 is 14.2 Å². The largest absolute Gasteiger partial charge is 0.379 e. The van der Waals surface area contributed by atoms with Gasteiger partial charge in [-0.3, -0.25) is 0 Å². The van der Waals surface area contributed by atoms with Crippen LogP contribution in [-0.2, 0) is 14.2 Å². The Morgan fingerprint density at radius 3 is 1.62 bits per heavy atom. The van der Waals surface area contributed by atoms with Crippen LogP contribution in [0, 0.1) is 5.92 Å². The van der Waals surface area contributed by atoms with Crippen LogP contribution < -0.4 is 0 Å². The van der Waals surface area contributed by atoms with Crippen molar-refractivity contribution in [2.75, 3.05) is 21.3 Å². The molecule has 0 radical (unpaired) electrons. The molecule has 3 heteroatoms. The lowest BCUT2D eigenvalue weighted by Gasteiger charge is -2.38. The highest BCUT2D eigenvalue weighted by molar-refractivity contribution is 4.87. The Kier molecular flexibility index (Phi) is 4.16. The van der Waals surface area contributed by atoms with Crippen molar-refractivity contribution in [1.82, 2.24) is 0 Å². The van der Waals surface area contributed by atoms with E-state index in [4.69, 9.17) is 14.2 Å². The Balaban J connectivity index is 2.61. The van der Waals surface area contributed by atoms with Crippen LogP contribution in [-0.4, -0.2) is 39.6 Å². The van der Waals surface area contributed by atoms with Gasteiger partial charge in [0, 0.05) is 21.3 Å². The molecule has 1 aliphatic carbocycles. The molecule has 0 heterocycles. The molecule has 1 saturated carbocycles. The van der Waals surface area contributed by atoms with Gasteiger partial charge in [0.15, 0.2) is 0 Å². The van der Waals surface area contributed by atoms with Gasteiger partial charge in [-0.25, -0.2) is 0 Å². The number of hydrogen-bond acceptors (Lipinski definition) is 3. The zero-order valence-electron chi connectivity index (χ0n) is 8.95. The molecule has 78 valence electrons. The maximum Gasteiger partial charge on any atom is 0.109 e. The van der Waals surface area contributed by atoms with Gasteiger partial charge in [-0.1, -0.05) is 6.92 Å². The van der Waals surface area contributed by atoms with Gasteiger partial charge in [0.1, 0.15) is 6.10 Å². The van der Waals surface area contributed by atoms with Crippen LogP contribution >= 0.6 is 0 Å². The highest BCUT2D eigenvalue weighted by Gasteiger charge is 2.36. The van der Waals surface area contributed by atoms with Crippen LogP contribution in [0.15, 0.2) is 0 Å².